The summed E-state index contributed by atoms with van der Waals surface area (Å²) in [6.45, 7) is 5.79. The number of nitrogens with zero attached hydrogens (tertiary/aromatic N) is 2. The van der Waals surface area contributed by atoms with Crippen LogP contribution in [0.5, 0.6) is 5.75 Å². The Bertz CT molecular complexity index is 571. The van der Waals surface area contributed by atoms with Crippen LogP contribution in [0.3, 0.4) is 0 Å². The Morgan fingerprint density at radius 1 is 1.27 bits per heavy atom. The Kier molecular flexibility index (Phi) is 8.71. The SMILES string of the molecule is COc1ccc(CNC(=O)CN=C(N)NCCCN2CCOCC2)cc1. The normalized spacial score (nSPS) is 15.5. The predicted molar refractivity (Wildman–Crippen MR) is 101 cm³/mol. The molecule has 0 saturated carbocycles. The maximum absolute atomic E-state index is 11.8. The number of hydrogen-bond acceptors (Lipinski definition) is 5. The van der Waals surface area contributed by atoms with Crippen molar-refractivity contribution in [3.8, 4) is 5.75 Å². The van der Waals surface area contributed by atoms with E-state index >= 15 is 0 Å². The van der Waals surface area contributed by atoms with Crippen LogP contribution in [0.4, 0.5) is 0 Å². The van der Waals surface area contributed by atoms with Crippen LogP contribution in [0.2, 0.25) is 0 Å². The first-order valence-electron chi connectivity index (χ1n) is 8.91. The number of carbonyl (C=O) groups excluding carboxylic acids is 1. The summed E-state index contributed by atoms with van der Waals surface area (Å²) in [5.41, 5.74) is 6.79. The van der Waals surface area contributed by atoms with E-state index in [9.17, 15) is 4.79 Å². The summed E-state index contributed by atoms with van der Waals surface area (Å²) < 4.78 is 10.4. The van der Waals surface area contributed by atoms with Crippen molar-refractivity contribution in [1.29, 1.82) is 0 Å². The molecular formula is C18H29N5O3. The van der Waals surface area contributed by atoms with Crippen molar-refractivity contribution in [2.45, 2.75) is 13.0 Å². The lowest BCUT2D eigenvalue weighted by Gasteiger charge is -2.26. The zero-order chi connectivity index (χ0) is 18.6. The van der Waals surface area contributed by atoms with Gasteiger partial charge in [0.15, 0.2) is 5.96 Å². The maximum Gasteiger partial charge on any atom is 0.242 e. The highest BCUT2D eigenvalue weighted by Crippen LogP contribution is 2.10. The van der Waals surface area contributed by atoms with Gasteiger partial charge in [-0.15, -0.1) is 0 Å². The average Bonchev–Trinajstić information content (AvgIpc) is 2.69. The molecular weight excluding hydrogens is 334 g/mol. The lowest BCUT2D eigenvalue weighted by atomic mass is 10.2. The van der Waals surface area contributed by atoms with Crippen molar-refractivity contribution in [3.63, 3.8) is 0 Å². The quantitative estimate of drug-likeness (QED) is 0.323. The summed E-state index contributed by atoms with van der Waals surface area (Å²) in [6, 6.07) is 7.54. The summed E-state index contributed by atoms with van der Waals surface area (Å²) >= 11 is 0. The molecule has 26 heavy (non-hydrogen) atoms. The molecule has 1 saturated heterocycles. The highest BCUT2D eigenvalue weighted by molar-refractivity contribution is 5.83. The van der Waals surface area contributed by atoms with E-state index in [0.29, 0.717) is 12.5 Å². The van der Waals surface area contributed by atoms with Crippen LogP contribution in [-0.2, 0) is 16.1 Å². The average molecular weight is 363 g/mol. The smallest absolute Gasteiger partial charge is 0.242 e. The minimum Gasteiger partial charge on any atom is -0.497 e. The first-order chi connectivity index (χ1) is 12.7. The molecule has 0 aromatic heterocycles. The second kappa shape index (κ2) is 11.3. The number of aliphatic imine (C=N–C) groups is 1. The molecule has 2 rings (SSSR count). The van der Waals surface area contributed by atoms with Crippen molar-refractivity contribution in [2.24, 2.45) is 10.7 Å². The third-order valence-corrected chi connectivity index (χ3v) is 4.10. The number of methoxy groups -OCH3 is 1. The van der Waals surface area contributed by atoms with E-state index < -0.39 is 0 Å². The zero-order valence-corrected chi connectivity index (χ0v) is 15.4. The summed E-state index contributed by atoms with van der Waals surface area (Å²) in [6.07, 6.45) is 0.972. The van der Waals surface area contributed by atoms with Gasteiger partial charge in [-0.1, -0.05) is 12.1 Å². The molecule has 0 unspecified atom stereocenters. The van der Waals surface area contributed by atoms with Crippen molar-refractivity contribution >= 4 is 11.9 Å². The highest BCUT2D eigenvalue weighted by atomic mass is 16.5. The van der Waals surface area contributed by atoms with Gasteiger partial charge in [-0.3, -0.25) is 9.69 Å². The predicted octanol–water partition coefficient (Wildman–Crippen LogP) is -0.0620. The summed E-state index contributed by atoms with van der Waals surface area (Å²) in [5.74, 6) is 0.919. The molecule has 1 aromatic carbocycles. The molecule has 1 fully saturated rings. The van der Waals surface area contributed by atoms with Gasteiger partial charge in [0.1, 0.15) is 12.3 Å². The van der Waals surface area contributed by atoms with E-state index in [1.54, 1.807) is 7.11 Å². The fourth-order valence-electron chi connectivity index (χ4n) is 2.56. The van der Waals surface area contributed by atoms with Crippen LogP contribution in [0.15, 0.2) is 29.3 Å². The molecule has 0 spiro atoms. The van der Waals surface area contributed by atoms with Gasteiger partial charge >= 0.3 is 0 Å². The number of hydrogen-bond donors (Lipinski definition) is 3. The number of benzene rings is 1. The highest BCUT2D eigenvalue weighted by Gasteiger charge is 2.09. The standard InChI is InChI=1S/C18H29N5O3/c1-25-16-5-3-15(4-6-16)13-21-17(24)14-22-18(19)20-7-2-8-23-9-11-26-12-10-23/h3-6H,2,7-14H2,1H3,(H,21,24)(H3,19,20,22). The monoisotopic (exact) mass is 363 g/mol. The lowest BCUT2D eigenvalue weighted by Crippen LogP contribution is -2.39. The van der Waals surface area contributed by atoms with Crippen LogP contribution in [0, 0.1) is 0 Å². The van der Waals surface area contributed by atoms with Gasteiger partial charge in [0.05, 0.1) is 20.3 Å². The molecule has 1 heterocycles. The lowest BCUT2D eigenvalue weighted by molar-refractivity contribution is -0.119. The van der Waals surface area contributed by atoms with Gasteiger partial charge < -0.3 is 25.8 Å². The Balaban J connectivity index is 1.57. The molecule has 144 valence electrons. The zero-order valence-electron chi connectivity index (χ0n) is 15.4. The van der Waals surface area contributed by atoms with E-state index in [4.69, 9.17) is 15.2 Å². The molecule has 0 aliphatic carbocycles. The number of nitrogens with two attached hydrogens (primary N) is 1. The number of rotatable bonds is 9. The topological polar surface area (TPSA) is 101 Å². The van der Waals surface area contributed by atoms with Crippen LogP contribution >= 0.6 is 0 Å². The van der Waals surface area contributed by atoms with Gasteiger partial charge in [-0.05, 0) is 30.7 Å². The fourth-order valence-corrected chi connectivity index (χ4v) is 2.56. The molecule has 8 heteroatoms. The van der Waals surface area contributed by atoms with Crippen molar-refractivity contribution in [3.05, 3.63) is 29.8 Å². The Morgan fingerprint density at radius 3 is 2.69 bits per heavy atom. The molecule has 8 nitrogen and oxygen atoms in total. The minimum atomic E-state index is -0.168. The number of morpholine rings is 1. The van der Waals surface area contributed by atoms with Gasteiger partial charge in [-0.25, -0.2) is 4.99 Å². The third-order valence-electron chi connectivity index (χ3n) is 4.10. The second-order valence-electron chi connectivity index (χ2n) is 6.06. The van der Waals surface area contributed by atoms with E-state index in [2.05, 4.69) is 20.5 Å². The number of ether oxygens (including phenoxy) is 2. The van der Waals surface area contributed by atoms with Crippen molar-refractivity contribution in [2.75, 3.05) is 53.0 Å². The number of guanidine groups is 1. The molecule has 0 radical (unpaired) electrons. The minimum absolute atomic E-state index is 0.0124. The van der Waals surface area contributed by atoms with Gasteiger partial charge in [-0.2, -0.15) is 0 Å². The van der Waals surface area contributed by atoms with Gasteiger partial charge in [0.25, 0.3) is 0 Å². The van der Waals surface area contributed by atoms with Crippen LogP contribution in [-0.4, -0.2) is 69.8 Å². The first-order valence-corrected chi connectivity index (χ1v) is 8.91. The maximum atomic E-state index is 11.8. The Morgan fingerprint density at radius 2 is 2.00 bits per heavy atom. The summed E-state index contributed by atoms with van der Waals surface area (Å²) in [5, 5.41) is 5.85. The molecule has 0 bridgehead atoms. The number of amides is 1. The fraction of sp³-hybridized carbons (Fsp3) is 0.556. The third kappa shape index (κ3) is 7.71. The van der Waals surface area contributed by atoms with Crippen LogP contribution < -0.4 is 21.1 Å². The molecule has 1 amide bonds. The van der Waals surface area contributed by atoms with Gasteiger partial charge in [0.2, 0.25) is 5.91 Å². The summed E-state index contributed by atoms with van der Waals surface area (Å²) in [7, 11) is 1.62. The molecule has 0 atom stereocenters. The van der Waals surface area contributed by atoms with Crippen molar-refractivity contribution in [1.82, 2.24) is 15.5 Å². The largest absolute Gasteiger partial charge is 0.497 e. The summed E-state index contributed by atoms with van der Waals surface area (Å²) in [4.78, 5) is 18.3. The van der Waals surface area contributed by atoms with Crippen LogP contribution in [0.25, 0.3) is 0 Å². The van der Waals surface area contributed by atoms with Crippen LogP contribution in [0.1, 0.15) is 12.0 Å². The Hall–Kier alpha value is -2.32. The van der Waals surface area contributed by atoms with E-state index in [1.165, 1.54) is 0 Å². The van der Waals surface area contributed by atoms with E-state index in [-0.39, 0.29) is 12.5 Å². The molecule has 1 aromatic rings. The number of carbonyl (C=O) groups is 1. The van der Waals surface area contributed by atoms with Crippen molar-refractivity contribution < 1.29 is 14.3 Å². The molecule has 4 N–H and O–H groups in total. The van der Waals surface area contributed by atoms with Gasteiger partial charge in [0, 0.05) is 26.2 Å². The first kappa shape index (κ1) is 20.0. The second-order valence-corrected chi connectivity index (χ2v) is 6.06. The number of nitrogens with one attached hydrogen (secondary N) is 2. The Labute approximate surface area is 154 Å². The van der Waals surface area contributed by atoms with E-state index in [0.717, 1.165) is 57.1 Å². The molecule has 1 aliphatic rings. The molecule has 1 aliphatic heterocycles. The van der Waals surface area contributed by atoms with E-state index in [1.807, 2.05) is 24.3 Å².